The highest BCUT2D eigenvalue weighted by atomic mass is 35.5. The third-order valence-corrected chi connectivity index (χ3v) is 6.01. The zero-order chi connectivity index (χ0) is 29.0. The third kappa shape index (κ3) is 7.22. The van der Waals surface area contributed by atoms with Crippen molar-refractivity contribution in [1.82, 2.24) is 19.9 Å². The monoisotopic (exact) mass is 588 g/mol. The molecule has 0 aliphatic heterocycles. The number of aryl methyl sites for hydroxylation is 2. The molecule has 5 aromatic rings. The highest BCUT2D eigenvalue weighted by molar-refractivity contribution is 5.85. The predicted molar refractivity (Wildman–Crippen MR) is 156 cm³/mol. The van der Waals surface area contributed by atoms with Crippen molar-refractivity contribution in [3.63, 3.8) is 0 Å². The number of nitrogens with one attached hydrogen (secondary N) is 1. The first-order valence-corrected chi connectivity index (χ1v) is 12.6. The molecule has 0 saturated carbocycles. The van der Waals surface area contributed by atoms with Crippen LogP contribution in [0.2, 0.25) is 0 Å². The Hall–Kier alpha value is -4.94. The standard InChI is InChI=1S/C32H23F3N4O2.ClH/c1-20-17-21(2)36-25(18-20)19-41-27-10-6-9-26(32(33,34)35)28(27)30-37-29(38-31(40)39-30)24-15-13-23(14-16-24)12-11-22-7-4-3-5-8-22;/h3-10,13-18H,19H2,1-2H3,(H,37,38,39,40);1H. The van der Waals surface area contributed by atoms with Crippen LogP contribution in [0.1, 0.15) is 33.6 Å². The van der Waals surface area contributed by atoms with Gasteiger partial charge >= 0.3 is 11.9 Å². The number of halogens is 4. The van der Waals surface area contributed by atoms with Crippen LogP contribution in [0.3, 0.4) is 0 Å². The van der Waals surface area contributed by atoms with E-state index >= 15 is 0 Å². The number of aromatic amines is 1. The number of alkyl halides is 3. The van der Waals surface area contributed by atoms with Crippen LogP contribution in [-0.4, -0.2) is 19.9 Å². The quantitative estimate of drug-likeness (QED) is 0.225. The van der Waals surface area contributed by atoms with E-state index in [0.29, 0.717) is 16.8 Å². The third-order valence-electron chi connectivity index (χ3n) is 6.01. The maximum atomic E-state index is 14.1. The SMILES string of the molecule is Cc1cc(C)nc(COc2cccc(C(F)(F)F)c2-c2nc(-c3ccc(C#Cc4ccccc4)cc3)nc(=O)[nH]2)c1.Cl. The van der Waals surface area contributed by atoms with E-state index in [1.807, 2.05) is 50.2 Å². The molecule has 212 valence electrons. The Morgan fingerprint density at radius 3 is 2.19 bits per heavy atom. The lowest BCUT2D eigenvalue weighted by Crippen LogP contribution is -2.17. The molecule has 0 aliphatic carbocycles. The van der Waals surface area contributed by atoms with Gasteiger partial charge in [0.1, 0.15) is 18.2 Å². The number of aromatic nitrogens is 4. The molecular formula is C32H24ClF3N4O2. The number of hydrogen-bond acceptors (Lipinski definition) is 5. The maximum absolute atomic E-state index is 14.1. The zero-order valence-electron chi connectivity index (χ0n) is 22.5. The summed E-state index contributed by atoms with van der Waals surface area (Å²) in [6.07, 6.45) is -4.74. The first-order chi connectivity index (χ1) is 19.7. The van der Waals surface area contributed by atoms with Crippen LogP contribution >= 0.6 is 12.4 Å². The molecule has 0 amide bonds. The smallest absolute Gasteiger partial charge is 0.417 e. The summed E-state index contributed by atoms with van der Waals surface area (Å²) in [6.45, 7) is 3.63. The van der Waals surface area contributed by atoms with Crippen LogP contribution in [0.15, 0.2) is 89.7 Å². The molecule has 0 spiro atoms. The van der Waals surface area contributed by atoms with Crippen molar-refractivity contribution in [3.05, 3.63) is 129 Å². The van der Waals surface area contributed by atoms with Crippen molar-refractivity contribution in [2.75, 3.05) is 0 Å². The van der Waals surface area contributed by atoms with Gasteiger partial charge in [-0.1, -0.05) is 36.1 Å². The van der Waals surface area contributed by atoms with Crippen LogP contribution in [0.4, 0.5) is 13.2 Å². The van der Waals surface area contributed by atoms with Gasteiger partial charge in [0, 0.05) is 22.4 Å². The van der Waals surface area contributed by atoms with Gasteiger partial charge in [-0.05, 0) is 80.1 Å². The number of H-pyrrole nitrogens is 1. The number of hydrogen-bond donors (Lipinski definition) is 1. The minimum Gasteiger partial charge on any atom is -0.487 e. The van der Waals surface area contributed by atoms with Crippen molar-refractivity contribution < 1.29 is 17.9 Å². The van der Waals surface area contributed by atoms with Gasteiger partial charge in [-0.2, -0.15) is 18.2 Å². The van der Waals surface area contributed by atoms with Gasteiger partial charge < -0.3 is 4.74 Å². The van der Waals surface area contributed by atoms with Crippen molar-refractivity contribution in [3.8, 4) is 40.4 Å². The lowest BCUT2D eigenvalue weighted by Gasteiger charge is -2.17. The molecule has 0 radical (unpaired) electrons. The average molecular weight is 589 g/mol. The summed E-state index contributed by atoms with van der Waals surface area (Å²) in [5.74, 6) is 5.65. The minimum absolute atomic E-state index is 0. The molecule has 2 heterocycles. The van der Waals surface area contributed by atoms with E-state index in [-0.39, 0.29) is 36.4 Å². The molecule has 0 aliphatic rings. The van der Waals surface area contributed by atoms with Gasteiger partial charge in [0.25, 0.3) is 0 Å². The Bertz CT molecular complexity index is 1810. The molecule has 5 rings (SSSR count). The summed E-state index contributed by atoms with van der Waals surface area (Å²) >= 11 is 0. The summed E-state index contributed by atoms with van der Waals surface area (Å²) in [7, 11) is 0. The van der Waals surface area contributed by atoms with Crippen LogP contribution < -0.4 is 10.4 Å². The maximum Gasteiger partial charge on any atom is 0.417 e. The van der Waals surface area contributed by atoms with E-state index < -0.39 is 23.0 Å². The number of benzene rings is 3. The molecule has 10 heteroatoms. The molecule has 0 atom stereocenters. The lowest BCUT2D eigenvalue weighted by atomic mass is 10.0. The Kier molecular flexibility index (Phi) is 9.09. The second-order valence-electron chi connectivity index (χ2n) is 9.26. The van der Waals surface area contributed by atoms with Gasteiger partial charge in [0.15, 0.2) is 5.82 Å². The fourth-order valence-corrected chi connectivity index (χ4v) is 4.28. The van der Waals surface area contributed by atoms with Crippen molar-refractivity contribution in [2.45, 2.75) is 26.6 Å². The summed E-state index contributed by atoms with van der Waals surface area (Å²) in [5.41, 5.74) is 2.02. The molecule has 3 aromatic carbocycles. The topological polar surface area (TPSA) is 80.8 Å². The second-order valence-corrected chi connectivity index (χ2v) is 9.26. The summed E-state index contributed by atoms with van der Waals surface area (Å²) in [5, 5.41) is 0. The number of pyridine rings is 1. The van der Waals surface area contributed by atoms with E-state index in [4.69, 9.17) is 4.74 Å². The first kappa shape index (κ1) is 30.0. The predicted octanol–water partition coefficient (Wildman–Crippen LogP) is 6.93. The number of ether oxygens (including phenoxy) is 1. The molecule has 0 unspecified atom stereocenters. The van der Waals surface area contributed by atoms with Gasteiger partial charge in [-0.15, -0.1) is 12.4 Å². The highest BCUT2D eigenvalue weighted by Crippen LogP contribution is 2.41. The van der Waals surface area contributed by atoms with Crippen LogP contribution in [0, 0.1) is 25.7 Å². The normalized spacial score (nSPS) is 10.8. The van der Waals surface area contributed by atoms with Gasteiger partial charge in [-0.3, -0.25) is 9.97 Å². The molecule has 1 N–H and O–H groups in total. The largest absolute Gasteiger partial charge is 0.487 e. The second kappa shape index (κ2) is 12.7. The van der Waals surface area contributed by atoms with Gasteiger partial charge in [-0.25, -0.2) is 9.78 Å². The van der Waals surface area contributed by atoms with E-state index in [9.17, 15) is 18.0 Å². The Labute approximate surface area is 246 Å². The molecule has 2 aromatic heterocycles. The van der Waals surface area contributed by atoms with E-state index in [1.165, 1.54) is 12.1 Å². The molecule has 0 saturated heterocycles. The number of rotatable bonds is 5. The van der Waals surface area contributed by atoms with Crippen LogP contribution in [0.25, 0.3) is 22.8 Å². The molecule has 42 heavy (non-hydrogen) atoms. The van der Waals surface area contributed by atoms with Crippen LogP contribution in [0.5, 0.6) is 5.75 Å². The molecular weight excluding hydrogens is 565 g/mol. The average Bonchev–Trinajstić information content (AvgIpc) is 2.94. The van der Waals surface area contributed by atoms with Crippen molar-refractivity contribution in [1.29, 1.82) is 0 Å². The van der Waals surface area contributed by atoms with Gasteiger partial charge in [0.2, 0.25) is 0 Å². The Morgan fingerprint density at radius 1 is 0.833 bits per heavy atom. The van der Waals surface area contributed by atoms with E-state index in [2.05, 4.69) is 31.8 Å². The molecule has 0 fully saturated rings. The molecule has 0 bridgehead atoms. The first-order valence-electron chi connectivity index (χ1n) is 12.6. The highest BCUT2D eigenvalue weighted by Gasteiger charge is 2.36. The summed E-state index contributed by atoms with van der Waals surface area (Å²) in [6, 6.07) is 23.5. The lowest BCUT2D eigenvalue weighted by molar-refractivity contribution is -0.137. The molecule has 6 nitrogen and oxygen atoms in total. The zero-order valence-corrected chi connectivity index (χ0v) is 23.3. The fourth-order valence-electron chi connectivity index (χ4n) is 4.28. The van der Waals surface area contributed by atoms with E-state index in [1.54, 1.807) is 30.3 Å². The summed E-state index contributed by atoms with van der Waals surface area (Å²) in [4.78, 5) is 27.5. The minimum atomic E-state index is -4.74. The van der Waals surface area contributed by atoms with E-state index in [0.717, 1.165) is 22.9 Å². The van der Waals surface area contributed by atoms with Crippen molar-refractivity contribution in [2.24, 2.45) is 0 Å². The fraction of sp³-hybridized carbons (Fsp3) is 0.125. The van der Waals surface area contributed by atoms with Crippen molar-refractivity contribution >= 4 is 12.4 Å². The van der Waals surface area contributed by atoms with Crippen LogP contribution in [-0.2, 0) is 12.8 Å². The summed E-state index contributed by atoms with van der Waals surface area (Å²) < 4.78 is 48.2. The Morgan fingerprint density at radius 2 is 1.52 bits per heavy atom. The van der Waals surface area contributed by atoms with Gasteiger partial charge in [0.05, 0.1) is 16.8 Å². The number of nitrogens with zero attached hydrogens (tertiary/aromatic N) is 3. The Balaban J connectivity index is 0.00000405.